The number of aromatic nitrogens is 1. The Hall–Kier alpha value is -0.410. The Kier molecular flexibility index (Phi) is 10.8. The molecule has 1 aromatic heterocycles. The number of guanidine groups is 1. The second-order valence-corrected chi connectivity index (χ2v) is 7.19. The van der Waals surface area contributed by atoms with Crippen molar-refractivity contribution >= 4 is 41.3 Å². The highest BCUT2D eigenvalue weighted by Crippen LogP contribution is 2.18. The molecule has 1 aliphatic rings. The summed E-state index contributed by atoms with van der Waals surface area (Å²) in [7, 11) is 1.83. The fraction of sp³-hybridized carbons (Fsp3) is 0.765. The fourth-order valence-corrected chi connectivity index (χ4v) is 3.83. The summed E-state index contributed by atoms with van der Waals surface area (Å²) in [6.45, 7) is 8.51. The molecule has 0 aromatic carbocycles. The number of aryl methyl sites for hydroxylation is 1. The number of nitrogens with zero attached hydrogens (tertiary/aromatic N) is 3. The lowest BCUT2D eigenvalue weighted by Gasteiger charge is -2.35. The van der Waals surface area contributed by atoms with Gasteiger partial charge in [-0.15, -0.1) is 35.3 Å². The lowest BCUT2D eigenvalue weighted by molar-refractivity contribution is 0.147. The van der Waals surface area contributed by atoms with Crippen LogP contribution >= 0.6 is 35.3 Å². The highest BCUT2D eigenvalue weighted by molar-refractivity contribution is 14.0. The van der Waals surface area contributed by atoms with Crippen LogP contribution in [0, 0.1) is 6.92 Å². The summed E-state index contributed by atoms with van der Waals surface area (Å²) in [6.07, 6.45) is 6.30. The van der Waals surface area contributed by atoms with Crippen LogP contribution in [0.4, 0.5) is 0 Å². The topological polar surface area (TPSA) is 52.5 Å². The van der Waals surface area contributed by atoms with Crippen LogP contribution < -0.4 is 10.6 Å². The second-order valence-electron chi connectivity index (χ2n) is 6.13. The number of halogens is 1. The molecular weight excluding hydrogens is 433 g/mol. The van der Waals surface area contributed by atoms with Gasteiger partial charge in [-0.3, -0.25) is 9.89 Å². The minimum absolute atomic E-state index is 0. The van der Waals surface area contributed by atoms with E-state index in [0.717, 1.165) is 48.8 Å². The third-order valence-corrected chi connectivity index (χ3v) is 5.30. The van der Waals surface area contributed by atoms with Crippen LogP contribution in [0.3, 0.4) is 0 Å². The van der Waals surface area contributed by atoms with Gasteiger partial charge in [0.15, 0.2) is 5.96 Å². The van der Waals surface area contributed by atoms with Crippen molar-refractivity contribution in [1.82, 2.24) is 20.5 Å². The first-order valence-corrected chi connectivity index (χ1v) is 9.70. The van der Waals surface area contributed by atoms with Gasteiger partial charge < -0.3 is 10.6 Å². The maximum Gasteiger partial charge on any atom is 0.191 e. The van der Waals surface area contributed by atoms with Gasteiger partial charge in [0.1, 0.15) is 0 Å². The molecule has 2 rings (SSSR count). The maximum atomic E-state index is 4.49. The van der Waals surface area contributed by atoms with Crippen LogP contribution in [0.5, 0.6) is 0 Å². The number of hydrogen-bond donors (Lipinski definition) is 2. The molecule has 5 nitrogen and oxygen atoms in total. The van der Waals surface area contributed by atoms with Crippen LogP contribution in [0.2, 0.25) is 0 Å². The van der Waals surface area contributed by atoms with Crippen molar-refractivity contribution in [1.29, 1.82) is 0 Å². The van der Waals surface area contributed by atoms with E-state index in [0.29, 0.717) is 0 Å². The van der Waals surface area contributed by atoms with E-state index in [4.69, 9.17) is 0 Å². The molecule has 2 N–H and O–H groups in total. The number of aliphatic imine (C=N–C) groups is 1. The normalized spacial score (nSPS) is 19.0. The maximum absolute atomic E-state index is 4.49. The van der Waals surface area contributed by atoms with Crippen molar-refractivity contribution in [3.63, 3.8) is 0 Å². The molecule has 24 heavy (non-hydrogen) atoms. The zero-order chi connectivity index (χ0) is 16.5. The van der Waals surface area contributed by atoms with E-state index in [1.54, 1.807) is 11.3 Å². The average Bonchev–Trinajstić information content (AvgIpc) is 2.99. The number of thiazole rings is 1. The summed E-state index contributed by atoms with van der Waals surface area (Å²) in [5.41, 5.74) is 1.16. The highest BCUT2D eigenvalue weighted by atomic mass is 127. The first-order chi connectivity index (χ1) is 11.2. The molecular formula is C17H32IN5S. The van der Waals surface area contributed by atoms with Gasteiger partial charge >= 0.3 is 0 Å². The Bertz CT molecular complexity index is 491. The predicted molar refractivity (Wildman–Crippen MR) is 115 cm³/mol. The van der Waals surface area contributed by atoms with Crippen molar-refractivity contribution in [2.24, 2.45) is 4.99 Å². The van der Waals surface area contributed by atoms with Gasteiger partial charge in [0, 0.05) is 44.5 Å². The Morgan fingerprint density at radius 1 is 1.38 bits per heavy atom. The molecule has 1 unspecified atom stereocenters. The largest absolute Gasteiger partial charge is 0.356 e. The van der Waals surface area contributed by atoms with E-state index >= 15 is 0 Å². The van der Waals surface area contributed by atoms with Gasteiger partial charge in [-0.2, -0.15) is 0 Å². The van der Waals surface area contributed by atoms with E-state index in [1.807, 2.05) is 14.0 Å². The molecule has 1 atom stereocenters. The molecule has 1 aliphatic heterocycles. The van der Waals surface area contributed by atoms with Crippen LogP contribution in [0.1, 0.15) is 43.3 Å². The minimum atomic E-state index is 0. The molecule has 1 saturated heterocycles. The zero-order valence-corrected chi connectivity index (χ0v) is 18.3. The van der Waals surface area contributed by atoms with Gasteiger partial charge in [0.25, 0.3) is 0 Å². The standard InChI is InChI=1S/C17H31N5S.HI/c1-4-16-7-5-6-11-22(16)12-10-20-17(18-3)19-9-8-15-13-23-14(2)21-15;/h13,16H,4-12H2,1-3H3,(H2,18,19,20);1H. The fourth-order valence-electron chi connectivity index (χ4n) is 3.19. The number of piperidine rings is 1. The molecule has 1 aromatic rings. The van der Waals surface area contributed by atoms with Crippen molar-refractivity contribution < 1.29 is 0 Å². The van der Waals surface area contributed by atoms with Gasteiger partial charge in [0.2, 0.25) is 0 Å². The van der Waals surface area contributed by atoms with E-state index in [2.05, 4.69) is 37.8 Å². The van der Waals surface area contributed by atoms with Crippen LogP contribution in [0.25, 0.3) is 0 Å². The lowest BCUT2D eigenvalue weighted by Crippen LogP contribution is -2.46. The summed E-state index contributed by atoms with van der Waals surface area (Å²) in [6, 6.07) is 0.772. The zero-order valence-electron chi connectivity index (χ0n) is 15.2. The Labute approximate surface area is 167 Å². The average molecular weight is 465 g/mol. The first-order valence-electron chi connectivity index (χ1n) is 8.82. The SMILES string of the molecule is CCC1CCCCN1CCNC(=NC)NCCc1csc(C)n1.I. The molecule has 0 amide bonds. The number of nitrogens with one attached hydrogen (secondary N) is 2. The number of rotatable bonds is 7. The van der Waals surface area contributed by atoms with Crippen molar-refractivity contribution in [3.8, 4) is 0 Å². The van der Waals surface area contributed by atoms with Gasteiger partial charge in [0.05, 0.1) is 10.7 Å². The molecule has 2 heterocycles. The Morgan fingerprint density at radius 3 is 2.83 bits per heavy atom. The molecule has 0 radical (unpaired) electrons. The van der Waals surface area contributed by atoms with Crippen molar-refractivity contribution in [3.05, 3.63) is 16.1 Å². The van der Waals surface area contributed by atoms with Crippen molar-refractivity contribution in [2.75, 3.05) is 33.2 Å². The second kappa shape index (κ2) is 12.0. The predicted octanol–water partition coefficient (Wildman–Crippen LogP) is 3.04. The third-order valence-electron chi connectivity index (χ3n) is 4.48. The molecule has 7 heteroatoms. The molecule has 0 aliphatic carbocycles. The van der Waals surface area contributed by atoms with Crippen LogP contribution in [-0.2, 0) is 6.42 Å². The molecule has 0 bridgehead atoms. The molecule has 1 fully saturated rings. The van der Waals surface area contributed by atoms with E-state index in [1.165, 1.54) is 32.2 Å². The van der Waals surface area contributed by atoms with Gasteiger partial charge in [-0.05, 0) is 32.7 Å². The van der Waals surface area contributed by atoms with Gasteiger partial charge in [-0.1, -0.05) is 13.3 Å². The van der Waals surface area contributed by atoms with Crippen LogP contribution in [0.15, 0.2) is 10.4 Å². The Morgan fingerprint density at radius 2 is 2.17 bits per heavy atom. The highest BCUT2D eigenvalue weighted by Gasteiger charge is 2.19. The summed E-state index contributed by atoms with van der Waals surface area (Å²) in [5.74, 6) is 0.891. The summed E-state index contributed by atoms with van der Waals surface area (Å²) in [5, 5.41) is 10.1. The Balaban J connectivity index is 0.00000288. The van der Waals surface area contributed by atoms with Crippen molar-refractivity contribution in [2.45, 2.75) is 52.0 Å². The minimum Gasteiger partial charge on any atom is -0.356 e. The molecule has 0 saturated carbocycles. The van der Waals surface area contributed by atoms with E-state index in [-0.39, 0.29) is 24.0 Å². The summed E-state index contributed by atoms with van der Waals surface area (Å²) >= 11 is 1.71. The van der Waals surface area contributed by atoms with Gasteiger partial charge in [-0.25, -0.2) is 4.98 Å². The number of hydrogen-bond acceptors (Lipinski definition) is 4. The molecule has 138 valence electrons. The summed E-state index contributed by atoms with van der Waals surface area (Å²) < 4.78 is 0. The monoisotopic (exact) mass is 465 g/mol. The van der Waals surface area contributed by atoms with Crippen LogP contribution in [-0.4, -0.2) is 55.1 Å². The molecule has 0 spiro atoms. The first kappa shape index (κ1) is 21.6. The quantitative estimate of drug-likeness (QED) is 0.369. The van der Waals surface area contributed by atoms with E-state index in [9.17, 15) is 0 Å². The third kappa shape index (κ3) is 7.23. The smallest absolute Gasteiger partial charge is 0.191 e. The number of likely N-dealkylation sites (tertiary alicyclic amines) is 1. The lowest BCUT2D eigenvalue weighted by atomic mass is 10.0. The van der Waals surface area contributed by atoms with E-state index < -0.39 is 0 Å². The summed E-state index contributed by atoms with van der Waals surface area (Å²) in [4.78, 5) is 11.4.